The van der Waals surface area contributed by atoms with Gasteiger partial charge in [-0.05, 0) is 0 Å². The van der Waals surface area contributed by atoms with Crippen molar-refractivity contribution >= 4 is 17.1 Å². The second kappa shape index (κ2) is 5.87. The number of nitrogen functional groups attached to an aromatic ring is 1. The van der Waals surface area contributed by atoms with Crippen LogP contribution >= 0.6 is 0 Å². The SMILES string of the molecule is C=CCn1c(=O)n(C2OC(CO)[C@@H](O)C2O)c2nc(N)[nH]c(=O)c21. The number of fused-ring (bicyclic) bond motifs is 1. The first-order valence-electron chi connectivity index (χ1n) is 7.14. The number of hydrogen-bond donors (Lipinski definition) is 5. The molecule has 4 atom stereocenters. The van der Waals surface area contributed by atoms with Gasteiger partial charge in [0.25, 0.3) is 5.56 Å². The summed E-state index contributed by atoms with van der Waals surface area (Å²) in [7, 11) is 0. The van der Waals surface area contributed by atoms with E-state index < -0.39 is 42.4 Å². The topological polar surface area (TPSA) is 169 Å². The molecule has 3 unspecified atom stereocenters. The molecular formula is C13H17N5O6. The van der Waals surface area contributed by atoms with E-state index in [1.54, 1.807) is 0 Å². The van der Waals surface area contributed by atoms with E-state index in [0.717, 1.165) is 9.13 Å². The monoisotopic (exact) mass is 339 g/mol. The molecule has 2 aromatic rings. The van der Waals surface area contributed by atoms with Gasteiger partial charge in [-0.3, -0.25) is 14.3 Å². The molecule has 0 radical (unpaired) electrons. The number of rotatable bonds is 4. The molecule has 0 saturated carbocycles. The summed E-state index contributed by atoms with van der Waals surface area (Å²) in [6.07, 6.45) is -3.88. The maximum Gasteiger partial charge on any atom is 0.333 e. The second-order valence-corrected chi connectivity index (χ2v) is 5.40. The Kier molecular flexibility index (Phi) is 4.01. The van der Waals surface area contributed by atoms with Crippen molar-refractivity contribution in [3.8, 4) is 0 Å². The van der Waals surface area contributed by atoms with Gasteiger partial charge < -0.3 is 25.8 Å². The van der Waals surface area contributed by atoms with Crippen LogP contribution in [0.2, 0.25) is 0 Å². The fourth-order valence-electron chi connectivity index (χ4n) is 2.82. The number of hydrogen-bond acceptors (Lipinski definition) is 8. The van der Waals surface area contributed by atoms with Crippen molar-refractivity contribution < 1.29 is 20.1 Å². The van der Waals surface area contributed by atoms with Gasteiger partial charge in [-0.25, -0.2) is 9.36 Å². The summed E-state index contributed by atoms with van der Waals surface area (Å²) in [6.45, 7) is 3.00. The Morgan fingerprint density at radius 3 is 2.67 bits per heavy atom. The fraction of sp³-hybridized carbons (Fsp3) is 0.462. The molecule has 0 amide bonds. The molecule has 1 aliphatic rings. The Morgan fingerprint density at radius 2 is 2.08 bits per heavy atom. The first-order chi connectivity index (χ1) is 11.4. The predicted octanol–water partition coefficient (Wildman–Crippen LogP) is -2.73. The lowest BCUT2D eigenvalue weighted by Crippen LogP contribution is -2.36. The van der Waals surface area contributed by atoms with Crippen LogP contribution in [0.1, 0.15) is 6.23 Å². The third-order valence-electron chi connectivity index (χ3n) is 3.91. The molecule has 24 heavy (non-hydrogen) atoms. The average molecular weight is 339 g/mol. The lowest BCUT2D eigenvalue weighted by molar-refractivity contribution is -0.0527. The minimum Gasteiger partial charge on any atom is -0.394 e. The van der Waals surface area contributed by atoms with Crippen molar-refractivity contribution in [2.24, 2.45) is 0 Å². The summed E-state index contributed by atoms with van der Waals surface area (Å²) < 4.78 is 7.40. The number of aromatic nitrogens is 4. The highest BCUT2D eigenvalue weighted by molar-refractivity contribution is 5.71. The van der Waals surface area contributed by atoms with Crippen LogP contribution in [0.25, 0.3) is 11.2 Å². The number of nitrogens with two attached hydrogens (primary N) is 1. The number of ether oxygens (including phenoxy) is 1. The van der Waals surface area contributed by atoms with Gasteiger partial charge in [-0.15, -0.1) is 6.58 Å². The molecule has 6 N–H and O–H groups in total. The van der Waals surface area contributed by atoms with E-state index >= 15 is 0 Å². The van der Waals surface area contributed by atoms with Crippen molar-refractivity contribution in [2.45, 2.75) is 31.1 Å². The number of aliphatic hydroxyl groups is 3. The van der Waals surface area contributed by atoms with Crippen molar-refractivity contribution in [3.63, 3.8) is 0 Å². The zero-order chi connectivity index (χ0) is 17.6. The summed E-state index contributed by atoms with van der Waals surface area (Å²) in [5.74, 6) is -0.219. The van der Waals surface area contributed by atoms with Gasteiger partial charge in [-0.2, -0.15) is 4.98 Å². The number of anilines is 1. The van der Waals surface area contributed by atoms with Gasteiger partial charge in [0.2, 0.25) is 5.95 Å². The highest BCUT2D eigenvalue weighted by atomic mass is 16.6. The quantitative estimate of drug-likeness (QED) is 0.374. The molecule has 3 heterocycles. The zero-order valence-electron chi connectivity index (χ0n) is 12.5. The Labute approximate surface area is 134 Å². The van der Waals surface area contributed by atoms with E-state index in [1.165, 1.54) is 6.08 Å². The van der Waals surface area contributed by atoms with Crippen LogP contribution in [-0.4, -0.2) is 59.3 Å². The van der Waals surface area contributed by atoms with Crippen molar-refractivity contribution in [3.05, 3.63) is 33.5 Å². The number of aromatic amines is 1. The van der Waals surface area contributed by atoms with Gasteiger partial charge in [-0.1, -0.05) is 6.08 Å². The average Bonchev–Trinajstić information content (AvgIpc) is 2.96. The molecule has 0 aliphatic carbocycles. The highest BCUT2D eigenvalue weighted by Crippen LogP contribution is 2.30. The molecule has 1 saturated heterocycles. The summed E-state index contributed by atoms with van der Waals surface area (Å²) in [6, 6.07) is 0. The van der Waals surface area contributed by atoms with Gasteiger partial charge in [0, 0.05) is 6.54 Å². The molecule has 130 valence electrons. The van der Waals surface area contributed by atoms with Crippen molar-refractivity contribution in [1.82, 2.24) is 19.1 Å². The number of imidazole rings is 1. The van der Waals surface area contributed by atoms with Gasteiger partial charge >= 0.3 is 5.69 Å². The molecule has 3 rings (SSSR count). The van der Waals surface area contributed by atoms with Crippen molar-refractivity contribution in [2.75, 3.05) is 12.3 Å². The Balaban J connectivity index is 2.29. The van der Waals surface area contributed by atoms with E-state index in [-0.39, 0.29) is 23.7 Å². The molecule has 0 spiro atoms. The molecule has 1 aliphatic heterocycles. The third-order valence-corrected chi connectivity index (χ3v) is 3.91. The summed E-state index contributed by atoms with van der Waals surface area (Å²) in [4.78, 5) is 31.1. The first kappa shape index (κ1) is 16.4. The minimum atomic E-state index is -1.50. The number of allylic oxidation sites excluding steroid dienone is 1. The third kappa shape index (κ3) is 2.26. The molecule has 1 fully saturated rings. The van der Waals surface area contributed by atoms with Crippen LogP contribution in [0.4, 0.5) is 5.95 Å². The summed E-state index contributed by atoms with van der Waals surface area (Å²) in [5, 5.41) is 29.2. The molecular weight excluding hydrogens is 322 g/mol. The van der Waals surface area contributed by atoms with Crippen LogP contribution in [0.5, 0.6) is 0 Å². The lowest BCUT2D eigenvalue weighted by Gasteiger charge is -2.15. The highest BCUT2D eigenvalue weighted by Gasteiger charge is 2.45. The maximum atomic E-state index is 12.7. The fourth-order valence-corrected chi connectivity index (χ4v) is 2.82. The van der Waals surface area contributed by atoms with E-state index in [4.69, 9.17) is 10.5 Å². The molecule has 11 nitrogen and oxygen atoms in total. The van der Waals surface area contributed by atoms with Crippen LogP contribution in [-0.2, 0) is 11.3 Å². The predicted molar refractivity (Wildman–Crippen MR) is 82.2 cm³/mol. The van der Waals surface area contributed by atoms with E-state index in [2.05, 4.69) is 16.5 Å². The standard InChI is InChI=1S/C13H17N5O6/c1-2-3-17-6-9(15-12(14)16-10(6)22)18(13(17)23)11-8(21)7(20)5(4-19)24-11/h2,5,7-8,11,19-21H,1,3-4H2,(H3,14,15,16,22)/t5?,7-,8?,11?/m1/s1. The number of nitrogens with one attached hydrogen (secondary N) is 1. The lowest BCUT2D eigenvalue weighted by atomic mass is 10.1. The molecule has 0 bridgehead atoms. The first-order valence-corrected chi connectivity index (χ1v) is 7.14. The van der Waals surface area contributed by atoms with E-state index in [1.807, 2.05) is 0 Å². The number of aliphatic hydroxyl groups excluding tert-OH is 3. The number of nitrogens with zero attached hydrogens (tertiary/aromatic N) is 3. The Bertz CT molecular complexity index is 899. The summed E-state index contributed by atoms with van der Waals surface area (Å²) >= 11 is 0. The van der Waals surface area contributed by atoms with Gasteiger partial charge in [0.1, 0.15) is 18.3 Å². The molecule has 11 heteroatoms. The van der Waals surface area contributed by atoms with Gasteiger partial charge in [0.15, 0.2) is 17.4 Å². The molecule has 2 aromatic heterocycles. The second-order valence-electron chi connectivity index (χ2n) is 5.40. The largest absolute Gasteiger partial charge is 0.394 e. The van der Waals surface area contributed by atoms with E-state index in [9.17, 15) is 24.9 Å². The Morgan fingerprint density at radius 1 is 1.38 bits per heavy atom. The minimum absolute atomic E-state index is 0.0197. The van der Waals surface area contributed by atoms with Gasteiger partial charge in [0.05, 0.1) is 6.61 Å². The Hall–Kier alpha value is -2.47. The van der Waals surface area contributed by atoms with Crippen LogP contribution in [0, 0.1) is 0 Å². The maximum absolute atomic E-state index is 12.7. The van der Waals surface area contributed by atoms with Crippen LogP contribution in [0.15, 0.2) is 22.2 Å². The summed E-state index contributed by atoms with van der Waals surface area (Å²) in [5.41, 5.74) is 4.05. The molecule has 0 aromatic carbocycles. The number of H-pyrrole nitrogens is 1. The smallest absolute Gasteiger partial charge is 0.333 e. The van der Waals surface area contributed by atoms with Crippen molar-refractivity contribution in [1.29, 1.82) is 0 Å². The van der Waals surface area contributed by atoms with Crippen LogP contribution < -0.4 is 17.0 Å². The normalized spacial score (nSPS) is 27.0. The van der Waals surface area contributed by atoms with E-state index in [0.29, 0.717) is 0 Å². The van der Waals surface area contributed by atoms with Crippen LogP contribution in [0.3, 0.4) is 0 Å². The zero-order valence-corrected chi connectivity index (χ0v) is 12.5.